The van der Waals surface area contributed by atoms with E-state index in [1.165, 1.54) is 28.0 Å². The molecule has 0 spiro atoms. The lowest BCUT2D eigenvalue weighted by atomic mass is 9.83. The Kier molecular flexibility index (Phi) is 10.7. The number of halogens is 3. The minimum Gasteiger partial charge on any atom is -0.470 e. The lowest BCUT2D eigenvalue weighted by molar-refractivity contribution is -0.141. The summed E-state index contributed by atoms with van der Waals surface area (Å²) >= 11 is 1.54. The van der Waals surface area contributed by atoms with Crippen LogP contribution in [0.25, 0.3) is 33.5 Å². The summed E-state index contributed by atoms with van der Waals surface area (Å²) < 4.78 is 81.4. The number of hydrogen-bond donors (Lipinski definition) is 3. The molecular weight excluding hydrogens is 872 g/mol. The molecule has 3 aromatic heterocycles. The van der Waals surface area contributed by atoms with Gasteiger partial charge in [-0.25, -0.2) is 18.4 Å². The van der Waals surface area contributed by atoms with Gasteiger partial charge in [0.2, 0.25) is 27.4 Å². The average Bonchev–Trinajstić information content (AvgIpc) is 4.04. The standard InChI is InChI=1S/C45H46F3N7O7S2/c1-2-26-22-44(26,42(58)54-64(59,60)29-19-20-29)53-39(56)32-21-28(23-55(32)41(57)35(24-9-4-3-5-10-24)51-43-49-31-12-8-14-34(31)63-43)61-40-37-36(30-11-6-7-13-33(30)62-37)50-38(52-40)25-15-17-27(18-16-25)45(46,47)48/h2,6-7,11,13,15-18,24,26,28-29,32,35H,1,3-5,8-10,12,14,19-23H2,(H,49,51)(H,53,56)(H,54,58)/t26-,28-,32+,35+,44-/m1/s1. The fourth-order valence-corrected chi connectivity index (χ4v) is 12.0. The number of aromatic nitrogens is 3. The third-order valence-electron chi connectivity index (χ3n) is 13.3. The van der Waals surface area contributed by atoms with E-state index in [1.54, 1.807) is 35.6 Å². The molecule has 3 N–H and O–H groups in total. The summed E-state index contributed by atoms with van der Waals surface area (Å²) in [6.07, 6.45) is 4.33. The number of ether oxygens (including phenoxy) is 1. The number of rotatable bonds is 13. The van der Waals surface area contributed by atoms with E-state index in [9.17, 15) is 31.2 Å². The summed E-state index contributed by atoms with van der Waals surface area (Å²) in [5.74, 6) is -2.46. The number of sulfonamides is 1. The number of para-hydroxylation sites is 1. The smallest absolute Gasteiger partial charge is 0.416 e. The zero-order valence-corrected chi connectivity index (χ0v) is 36.3. The van der Waals surface area contributed by atoms with E-state index in [4.69, 9.17) is 19.1 Å². The van der Waals surface area contributed by atoms with Crippen molar-refractivity contribution in [1.82, 2.24) is 29.9 Å². The maximum atomic E-state index is 15.2. The Morgan fingerprint density at radius 1 is 0.984 bits per heavy atom. The Hall–Kier alpha value is -5.56. The van der Waals surface area contributed by atoms with Crippen LogP contribution in [0.2, 0.25) is 0 Å². The number of benzene rings is 2. The number of amides is 3. The average molecular weight is 918 g/mol. The van der Waals surface area contributed by atoms with Crippen molar-refractivity contribution in [3.8, 4) is 17.3 Å². The van der Waals surface area contributed by atoms with Gasteiger partial charge in [-0.05, 0) is 81.5 Å². The van der Waals surface area contributed by atoms with Gasteiger partial charge in [-0.1, -0.05) is 49.6 Å². The minimum absolute atomic E-state index is 0.0381. The first-order valence-corrected chi connectivity index (χ1v) is 24.2. The maximum absolute atomic E-state index is 15.2. The summed E-state index contributed by atoms with van der Waals surface area (Å²) in [6, 6.07) is 9.63. The van der Waals surface area contributed by atoms with Crippen molar-refractivity contribution in [3.63, 3.8) is 0 Å². The molecule has 0 bridgehead atoms. The third-order valence-corrected chi connectivity index (χ3v) is 16.2. The van der Waals surface area contributed by atoms with Gasteiger partial charge in [0.1, 0.15) is 34.8 Å². The number of anilines is 1. The summed E-state index contributed by atoms with van der Waals surface area (Å²) in [6.45, 7) is 3.73. The lowest BCUT2D eigenvalue weighted by Gasteiger charge is -2.34. The third kappa shape index (κ3) is 7.98. The molecule has 3 amide bonds. The number of likely N-dealkylation sites (tertiary alicyclic amines) is 1. The highest BCUT2D eigenvalue weighted by Crippen LogP contribution is 2.46. The number of carbonyl (C=O) groups excluding carboxylic acids is 3. The molecule has 19 heteroatoms. The van der Waals surface area contributed by atoms with Gasteiger partial charge in [-0.2, -0.15) is 18.2 Å². The molecule has 1 aliphatic heterocycles. The molecule has 5 aliphatic rings. The van der Waals surface area contributed by atoms with Crippen LogP contribution >= 0.6 is 11.3 Å². The molecule has 64 heavy (non-hydrogen) atoms. The van der Waals surface area contributed by atoms with Crippen LogP contribution in [-0.4, -0.2) is 81.5 Å². The zero-order valence-electron chi connectivity index (χ0n) is 34.7. The predicted octanol–water partition coefficient (Wildman–Crippen LogP) is 7.09. The lowest BCUT2D eigenvalue weighted by Crippen LogP contribution is -2.58. The quantitative estimate of drug-likeness (QED) is 0.103. The van der Waals surface area contributed by atoms with Crippen LogP contribution < -0.4 is 20.1 Å². The molecule has 5 atom stereocenters. The van der Waals surface area contributed by atoms with Crippen molar-refractivity contribution >= 4 is 66.3 Å². The van der Waals surface area contributed by atoms with E-state index in [0.717, 1.165) is 69.2 Å². The number of alkyl halides is 3. The van der Waals surface area contributed by atoms with E-state index < -0.39 is 68.5 Å². The molecule has 1 saturated heterocycles. The van der Waals surface area contributed by atoms with E-state index in [0.29, 0.717) is 34.5 Å². The molecule has 5 aromatic rings. The Morgan fingerprint density at radius 2 is 1.75 bits per heavy atom. The Morgan fingerprint density at radius 3 is 2.45 bits per heavy atom. The first kappa shape index (κ1) is 42.4. The second-order valence-corrected chi connectivity index (χ2v) is 20.7. The van der Waals surface area contributed by atoms with Crippen LogP contribution in [0.5, 0.6) is 5.88 Å². The molecular formula is C45H46F3N7O7S2. The van der Waals surface area contributed by atoms with Crippen LogP contribution in [-0.2, 0) is 43.4 Å². The number of nitrogens with one attached hydrogen (secondary N) is 3. The van der Waals surface area contributed by atoms with Gasteiger partial charge in [0, 0.05) is 28.2 Å². The van der Waals surface area contributed by atoms with Crippen molar-refractivity contribution < 1.29 is 45.1 Å². The molecule has 0 radical (unpaired) electrons. The number of furan rings is 1. The molecule has 4 aliphatic carbocycles. The highest BCUT2D eigenvalue weighted by Gasteiger charge is 2.62. The molecule has 10 rings (SSSR count). The van der Waals surface area contributed by atoms with Crippen LogP contribution in [0.4, 0.5) is 18.3 Å². The molecule has 3 saturated carbocycles. The predicted molar refractivity (Wildman–Crippen MR) is 232 cm³/mol. The van der Waals surface area contributed by atoms with Crippen molar-refractivity contribution in [2.24, 2.45) is 11.8 Å². The second kappa shape index (κ2) is 16.2. The molecule has 336 valence electrons. The van der Waals surface area contributed by atoms with E-state index in [2.05, 4.69) is 26.9 Å². The van der Waals surface area contributed by atoms with Crippen LogP contribution in [0.1, 0.15) is 80.3 Å². The molecule has 2 aromatic carbocycles. The van der Waals surface area contributed by atoms with Gasteiger partial charge in [-0.3, -0.25) is 19.1 Å². The van der Waals surface area contributed by atoms with Gasteiger partial charge >= 0.3 is 6.18 Å². The molecule has 4 heterocycles. The number of aryl methyl sites for hydroxylation is 2. The van der Waals surface area contributed by atoms with Crippen LogP contribution in [0.3, 0.4) is 0 Å². The highest BCUT2D eigenvalue weighted by atomic mass is 32.2. The molecule has 14 nitrogen and oxygen atoms in total. The molecule has 0 unspecified atom stereocenters. The van der Waals surface area contributed by atoms with Crippen molar-refractivity contribution in [3.05, 3.63) is 77.3 Å². The van der Waals surface area contributed by atoms with Crippen molar-refractivity contribution in [1.29, 1.82) is 0 Å². The number of carbonyl (C=O) groups is 3. The van der Waals surface area contributed by atoms with Gasteiger partial charge in [0.15, 0.2) is 11.0 Å². The van der Waals surface area contributed by atoms with E-state index >= 15 is 4.79 Å². The van der Waals surface area contributed by atoms with Crippen molar-refractivity contribution in [2.75, 3.05) is 11.9 Å². The van der Waals surface area contributed by atoms with Gasteiger partial charge in [-0.15, -0.1) is 17.9 Å². The van der Waals surface area contributed by atoms with Gasteiger partial charge < -0.3 is 24.7 Å². The van der Waals surface area contributed by atoms with Crippen LogP contribution in [0.15, 0.2) is 65.6 Å². The number of nitrogens with zero attached hydrogens (tertiary/aromatic N) is 4. The second-order valence-electron chi connectivity index (χ2n) is 17.6. The molecule has 4 fully saturated rings. The largest absolute Gasteiger partial charge is 0.470 e. The van der Waals surface area contributed by atoms with E-state index in [1.807, 2.05) is 0 Å². The SMILES string of the molecule is C=C[C@@H]1C[C@]1(NC(=O)[C@@H]1C[C@@H](Oc2nc(-c3ccc(C(F)(F)F)cc3)nc3c2oc2ccccc23)CN1C(=O)[C@@H](Nc1nc2c(s1)CCC2)C1CCCCC1)C(=O)NS(=O)(=O)C1CC1. The summed E-state index contributed by atoms with van der Waals surface area (Å²) in [5, 5.41) is 6.93. The maximum Gasteiger partial charge on any atom is 0.416 e. The normalized spacial score (nSPS) is 24.0. The monoisotopic (exact) mass is 917 g/mol. The van der Waals surface area contributed by atoms with Crippen LogP contribution in [0, 0.1) is 11.8 Å². The first-order valence-electron chi connectivity index (χ1n) is 21.8. The summed E-state index contributed by atoms with van der Waals surface area (Å²) in [7, 11) is -3.95. The summed E-state index contributed by atoms with van der Waals surface area (Å²) in [5.41, 5.74) is -0.137. The van der Waals surface area contributed by atoms with Crippen molar-refractivity contribution in [2.45, 2.75) is 112 Å². The number of thiazole rings is 1. The minimum atomic E-state index is -4.55. The Labute approximate surface area is 370 Å². The zero-order chi connectivity index (χ0) is 44.5. The summed E-state index contributed by atoms with van der Waals surface area (Å²) in [4.78, 5) is 60.6. The first-order chi connectivity index (χ1) is 30.7. The highest BCUT2D eigenvalue weighted by molar-refractivity contribution is 7.91. The Balaban J connectivity index is 1.00. The van der Waals surface area contributed by atoms with E-state index in [-0.39, 0.29) is 54.1 Å². The van der Waals surface area contributed by atoms with Gasteiger partial charge in [0.05, 0.1) is 23.1 Å². The fourth-order valence-electron chi connectivity index (χ4n) is 9.55. The Bertz CT molecular complexity index is 2760. The van der Waals surface area contributed by atoms with Gasteiger partial charge in [0.25, 0.3) is 11.8 Å². The number of hydrogen-bond acceptors (Lipinski definition) is 12. The topological polar surface area (TPSA) is 186 Å². The number of fused-ring (bicyclic) bond motifs is 4. The fraction of sp³-hybridized carbons (Fsp3) is 0.467.